The van der Waals surface area contributed by atoms with Gasteiger partial charge in [0.15, 0.2) is 16.1 Å². The molecular weight excluding hydrogens is 466 g/mol. The number of rotatable bonds is 10. The van der Waals surface area contributed by atoms with Crippen LogP contribution in [0.15, 0.2) is 65.1 Å². The summed E-state index contributed by atoms with van der Waals surface area (Å²) in [6.45, 7) is 7.36. The van der Waals surface area contributed by atoms with Gasteiger partial charge in [0, 0.05) is 17.5 Å². The Morgan fingerprint density at radius 1 is 1.12 bits per heavy atom. The van der Waals surface area contributed by atoms with E-state index in [1.165, 1.54) is 28.7 Å². The average molecular weight is 494 g/mol. The standard InChI is InChI=1S/C25H27N5O2S2/c1-4-30-22(14-32-20-12-10-18(11-13-20)17(2)3)28-29-25(30)34-16-23(31)27-24-26-21(15-33-24)19-8-6-5-7-9-19/h5-13,15,17H,4,14,16H2,1-3H3,(H,26,27,31). The molecule has 4 aromatic rings. The summed E-state index contributed by atoms with van der Waals surface area (Å²) in [4.78, 5) is 17.0. The second kappa shape index (κ2) is 11.3. The Balaban J connectivity index is 1.31. The molecule has 34 heavy (non-hydrogen) atoms. The Morgan fingerprint density at radius 2 is 1.88 bits per heavy atom. The number of anilines is 1. The van der Waals surface area contributed by atoms with E-state index in [0.717, 1.165) is 22.8 Å². The van der Waals surface area contributed by atoms with Crippen LogP contribution in [0.4, 0.5) is 5.13 Å². The molecule has 176 valence electrons. The number of carbonyl (C=O) groups excluding carboxylic acids is 1. The fourth-order valence-corrected chi connectivity index (χ4v) is 4.86. The van der Waals surface area contributed by atoms with E-state index < -0.39 is 0 Å². The van der Waals surface area contributed by atoms with Crippen LogP contribution in [0.25, 0.3) is 11.3 Å². The highest BCUT2D eigenvalue weighted by Crippen LogP contribution is 2.25. The predicted octanol–water partition coefficient (Wildman–Crippen LogP) is 5.85. The summed E-state index contributed by atoms with van der Waals surface area (Å²) < 4.78 is 7.88. The van der Waals surface area contributed by atoms with Gasteiger partial charge in [-0.2, -0.15) is 0 Å². The molecule has 2 aromatic heterocycles. The van der Waals surface area contributed by atoms with E-state index >= 15 is 0 Å². The summed E-state index contributed by atoms with van der Waals surface area (Å²) in [7, 11) is 0. The fraction of sp³-hybridized carbons (Fsp3) is 0.280. The second-order valence-corrected chi connectivity index (χ2v) is 9.70. The molecule has 0 saturated carbocycles. The third kappa shape index (κ3) is 6.03. The van der Waals surface area contributed by atoms with Crippen molar-refractivity contribution in [1.29, 1.82) is 0 Å². The lowest BCUT2D eigenvalue weighted by atomic mass is 10.0. The van der Waals surface area contributed by atoms with Gasteiger partial charge in [0.05, 0.1) is 11.4 Å². The number of nitrogens with one attached hydrogen (secondary N) is 1. The van der Waals surface area contributed by atoms with E-state index in [4.69, 9.17) is 4.74 Å². The van der Waals surface area contributed by atoms with Crippen LogP contribution in [0.5, 0.6) is 5.75 Å². The van der Waals surface area contributed by atoms with E-state index in [0.29, 0.717) is 29.4 Å². The highest BCUT2D eigenvalue weighted by Gasteiger charge is 2.15. The van der Waals surface area contributed by atoms with Gasteiger partial charge in [-0.3, -0.25) is 4.79 Å². The van der Waals surface area contributed by atoms with Crippen LogP contribution < -0.4 is 10.1 Å². The monoisotopic (exact) mass is 493 g/mol. The first-order valence-corrected chi connectivity index (χ1v) is 13.0. The minimum atomic E-state index is -0.132. The van der Waals surface area contributed by atoms with Gasteiger partial charge in [-0.1, -0.05) is 68.1 Å². The van der Waals surface area contributed by atoms with E-state index in [9.17, 15) is 4.79 Å². The Morgan fingerprint density at radius 3 is 2.59 bits per heavy atom. The van der Waals surface area contributed by atoms with Crippen molar-refractivity contribution >= 4 is 34.1 Å². The Labute approximate surface area is 207 Å². The Bertz CT molecular complexity index is 1220. The quantitative estimate of drug-likeness (QED) is 0.279. The lowest BCUT2D eigenvalue weighted by molar-refractivity contribution is -0.113. The van der Waals surface area contributed by atoms with Gasteiger partial charge < -0.3 is 14.6 Å². The molecule has 0 aliphatic heterocycles. The van der Waals surface area contributed by atoms with E-state index in [1.807, 2.05) is 59.3 Å². The van der Waals surface area contributed by atoms with E-state index in [2.05, 4.69) is 46.5 Å². The predicted molar refractivity (Wildman–Crippen MR) is 137 cm³/mol. The second-order valence-electron chi connectivity index (χ2n) is 7.90. The van der Waals surface area contributed by atoms with Crippen LogP contribution in [0.1, 0.15) is 38.1 Å². The van der Waals surface area contributed by atoms with Crippen LogP contribution in [0.2, 0.25) is 0 Å². The first kappa shape index (κ1) is 24.0. The van der Waals surface area contributed by atoms with Gasteiger partial charge in [0.1, 0.15) is 12.4 Å². The summed E-state index contributed by atoms with van der Waals surface area (Å²) in [5.41, 5.74) is 3.15. The SMILES string of the molecule is CCn1c(COc2ccc(C(C)C)cc2)nnc1SCC(=O)Nc1nc(-c2ccccc2)cs1. The van der Waals surface area contributed by atoms with Crippen molar-refractivity contribution in [2.24, 2.45) is 0 Å². The molecule has 0 aliphatic carbocycles. The third-order valence-electron chi connectivity index (χ3n) is 5.18. The minimum Gasteiger partial charge on any atom is -0.486 e. The van der Waals surface area contributed by atoms with Crippen molar-refractivity contribution in [3.63, 3.8) is 0 Å². The van der Waals surface area contributed by atoms with Crippen molar-refractivity contribution < 1.29 is 9.53 Å². The molecule has 0 spiro atoms. The summed E-state index contributed by atoms with van der Waals surface area (Å²) in [5.74, 6) is 2.09. The lowest BCUT2D eigenvalue weighted by Gasteiger charge is -2.10. The van der Waals surface area contributed by atoms with Crippen molar-refractivity contribution in [1.82, 2.24) is 19.7 Å². The molecule has 9 heteroatoms. The van der Waals surface area contributed by atoms with Gasteiger partial charge >= 0.3 is 0 Å². The van der Waals surface area contributed by atoms with Crippen molar-refractivity contribution in [2.75, 3.05) is 11.1 Å². The number of benzene rings is 2. The first-order valence-electron chi connectivity index (χ1n) is 11.1. The molecule has 1 N–H and O–H groups in total. The average Bonchev–Trinajstić information content (AvgIpc) is 3.48. The number of hydrogen-bond acceptors (Lipinski definition) is 7. The molecule has 4 rings (SSSR count). The van der Waals surface area contributed by atoms with Gasteiger partial charge in [-0.15, -0.1) is 21.5 Å². The van der Waals surface area contributed by atoms with E-state index in [1.54, 1.807) is 0 Å². The van der Waals surface area contributed by atoms with Gasteiger partial charge in [-0.05, 0) is 30.5 Å². The molecule has 2 heterocycles. The lowest BCUT2D eigenvalue weighted by Crippen LogP contribution is -2.14. The van der Waals surface area contributed by atoms with Crippen LogP contribution in [-0.2, 0) is 17.9 Å². The highest BCUT2D eigenvalue weighted by molar-refractivity contribution is 7.99. The number of carbonyl (C=O) groups is 1. The molecule has 0 bridgehead atoms. The normalized spacial score (nSPS) is 11.1. The number of hydrogen-bond donors (Lipinski definition) is 1. The molecule has 7 nitrogen and oxygen atoms in total. The van der Waals surface area contributed by atoms with Crippen LogP contribution in [-0.4, -0.2) is 31.4 Å². The number of ether oxygens (including phenoxy) is 1. The maximum Gasteiger partial charge on any atom is 0.236 e. The maximum absolute atomic E-state index is 12.5. The van der Waals surface area contributed by atoms with Crippen molar-refractivity contribution in [3.8, 4) is 17.0 Å². The number of thioether (sulfide) groups is 1. The molecule has 0 unspecified atom stereocenters. The van der Waals surface area contributed by atoms with Gasteiger partial charge in [-0.25, -0.2) is 4.98 Å². The molecular formula is C25H27N5O2S2. The summed E-state index contributed by atoms with van der Waals surface area (Å²) in [6, 6.07) is 18.0. The maximum atomic E-state index is 12.5. The largest absolute Gasteiger partial charge is 0.486 e. The molecule has 1 amide bonds. The molecule has 0 radical (unpaired) electrons. The molecule has 0 fully saturated rings. The smallest absolute Gasteiger partial charge is 0.236 e. The number of nitrogens with zero attached hydrogens (tertiary/aromatic N) is 4. The molecule has 0 aliphatic rings. The first-order chi connectivity index (χ1) is 16.5. The molecule has 0 atom stereocenters. The van der Waals surface area contributed by atoms with E-state index in [-0.39, 0.29) is 11.7 Å². The zero-order valence-electron chi connectivity index (χ0n) is 19.4. The van der Waals surface area contributed by atoms with Gasteiger partial charge in [0.25, 0.3) is 0 Å². The van der Waals surface area contributed by atoms with Gasteiger partial charge in [0.2, 0.25) is 5.91 Å². The zero-order chi connectivity index (χ0) is 23.9. The van der Waals surface area contributed by atoms with Crippen LogP contribution in [0, 0.1) is 0 Å². The highest BCUT2D eigenvalue weighted by atomic mass is 32.2. The molecule has 2 aromatic carbocycles. The van der Waals surface area contributed by atoms with Crippen molar-refractivity contribution in [2.45, 2.75) is 45.0 Å². The Hall–Kier alpha value is -3.17. The van der Waals surface area contributed by atoms with Crippen LogP contribution in [0.3, 0.4) is 0 Å². The molecule has 0 saturated heterocycles. The fourth-order valence-electron chi connectivity index (χ4n) is 3.31. The summed E-state index contributed by atoms with van der Waals surface area (Å²) in [5, 5.41) is 14.6. The third-order valence-corrected chi connectivity index (χ3v) is 6.90. The van der Waals surface area contributed by atoms with Crippen LogP contribution >= 0.6 is 23.1 Å². The Kier molecular flexibility index (Phi) is 7.97. The number of aromatic nitrogens is 4. The summed E-state index contributed by atoms with van der Waals surface area (Å²) >= 11 is 2.76. The topological polar surface area (TPSA) is 81.9 Å². The minimum absolute atomic E-state index is 0.132. The number of thiazole rings is 1. The van der Waals surface area contributed by atoms with Crippen molar-refractivity contribution in [3.05, 3.63) is 71.4 Å². The summed E-state index contributed by atoms with van der Waals surface area (Å²) in [6.07, 6.45) is 0. The zero-order valence-corrected chi connectivity index (χ0v) is 21.0. The number of amides is 1.